The Labute approximate surface area is 105 Å². The van der Waals surface area contributed by atoms with Crippen molar-refractivity contribution in [3.05, 3.63) is 35.5 Å². The normalized spacial score (nSPS) is 10.7. The predicted octanol–water partition coefficient (Wildman–Crippen LogP) is 3.01. The molecular formula is C10H7ClF3N3O. The third kappa shape index (κ3) is 2.56. The highest BCUT2D eigenvalue weighted by Crippen LogP contribution is 2.22. The zero-order chi connectivity index (χ0) is 13.1. The second kappa shape index (κ2) is 5.26. The van der Waals surface area contributed by atoms with E-state index < -0.39 is 17.5 Å². The fraction of sp³-hybridized carbons (Fsp3) is 0.200. The molecule has 0 spiro atoms. The van der Waals surface area contributed by atoms with Gasteiger partial charge in [0.25, 0.3) is 0 Å². The average Bonchev–Trinajstić information content (AvgIpc) is 2.78. The molecule has 0 aliphatic rings. The zero-order valence-corrected chi connectivity index (χ0v) is 9.64. The van der Waals surface area contributed by atoms with Gasteiger partial charge >= 0.3 is 6.01 Å². The molecule has 2 aromatic rings. The van der Waals surface area contributed by atoms with Crippen LogP contribution >= 0.6 is 11.6 Å². The molecule has 1 N–H and O–H groups in total. The van der Waals surface area contributed by atoms with Gasteiger partial charge in [-0.2, -0.15) is 0 Å². The lowest BCUT2D eigenvalue weighted by atomic mass is 10.3. The predicted molar refractivity (Wildman–Crippen MR) is 58.3 cm³/mol. The van der Waals surface area contributed by atoms with E-state index >= 15 is 0 Å². The first-order chi connectivity index (χ1) is 8.61. The number of halogens is 4. The van der Waals surface area contributed by atoms with Gasteiger partial charge in [-0.3, -0.25) is 0 Å². The average molecular weight is 278 g/mol. The maximum Gasteiger partial charge on any atom is 0.320 e. The lowest BCUT2D eigenvalue weighted by Crippen LogP contribution is -1.98. The quantitative estimate of drug-likeness (QED) is 0.689. The number of aromatic nitrogens is 2. The van der Waals surface area contributed by atoms with Gasteiger partial charge in [0.1, 0.15) is 0 Å². The van der Waals surface area contributed by atoms with Gasteiger partial charge in [-0.25, -0.2) is 13.2 Å². The van der Waals surface area contributed by atoms with Crippen molar-refractivity contribution in [1.29, 1.82) is 0 Å². The highest BCUT2D eigenvalue weighted by Gasteiger charge is 2.15. The summed E-state index contributed by atoms with van der Waals surface area (Å²) in [7, 11) is 0. The van der Waals surface area contributed by atoms with E-state index in [2.05, 4.69) is 15.5 Å². The van der Waals surface area contributed by atoms with Crippen LogP contribution in [0.25, 0.3) is 0 Å². The summed E-state index contributed by atoms with van der Waals surface area (Å²) in [6, 6.07) is 1.69. The van der Waals surface area contributed by atoms with E-state index in [0.29, 0.717) is 12.3 Å². The van der Waals surface area contributed by atoms with Gasteiger partial charge in [0.05, 0.1) is 5.69 Å². The molecule has 8 heteroatoms. The summed E-state index contributed by atoms with van der Waals surface area (Å²) in [6.45, 7) is 0. The molecule has 0 radical (unpaired) electrons. The lowest BCUT2D eigenvalue weighted by molar-refractivity contribution is 0.448. The van der Waals surface area contributed by atoms with Crippen LogP contribution in [0.5, 0.6) is 0 Å². The third-order valence-corrected chi connectivity index (χ3v) is 2.24. The molecule has 1 aromatic carbocycles. The maximum absolute atomic E-state index is 13.3. The summed E-state index contributed by atoms with van der Waals surface area (Å²) < 4.78 is 44.0. The van der Waals surface area contributed by atoms with E-state index in [1.54, 1.807) is 0 Å². The zero-order valence-electron chi connectivity index (χ0n) is 8.88. The molecule has 0 aliphatic carbocycles. The second-order valence-electron chi connectivity index (χ2n) is 3.29. The van der Waals surface area contributed by atoms with Crippen LogP contribution in [0.3, 0.4) is 0 Å². The van der Waals surface area contributed by atoms with Gasteiger partial charge in [-0.05, 0) is 12.1 Å². The summed E-state index contributed by atoms with van der Waals surface area (Å²) in [5.41, 5.74) is -0.296. The molecule has 0 atom stereocenters. The Morgan fingerprint density at radius 3 is 2.67 bits per heavy atom. The molecule has 2 rings (SSSR count). The second-order valence-corrected chi connectivity index (χ2v) is 3.67. The van der Waals surface area contributed by atoms with Gasteiger partial charge in [0, 0.05) is 12.3 Å². The molecule has 0 fully saturated rings. The summed E-state index contributed by atoms with van der Waals surface area (Å²) in [4.78, 5) is 0. The Morgan fingerprint density at radius 2 is 1.94 bits per heavy atom. The minimum Gasteiger partial charge on any atom is -0.408 e. The summed E-state index contributed by atoms with van der Waals surface area (Å²) in [6.07, 6.45) is 0.358. The maximum atomic E-state index is 13.3. The summed E-state index contributed by atoms with van der Waals surface area (Å²) in [5, 5.41) is 9.53. The topological polar surface area (TPSA) is 51.0 Å². The van der Waals surface area contributed by atoms with Crippen molar-refractivity contribution in [2.24, 2.45) is 0 Å². The van der Waals surface area contributed by atoms with Crippen LogP contribution in [0.2, 0.25) is 0 Å². The van der Waals surface area contributed by atoms with Crippen LogP contribution in [0.4, 0.5) is 24.9 Å². The number of alkyl halides is 1. The largest absolute Gasteiger partial charge is 0.408 e. The molecule has 0 bridgehead atoms. The molecule has 0 unspecified atom stereocenters. The molecule has 18 heavy (non-hydrogen) atoms. The van der Waals surface area contributed by atoms with Gasteiger partial charge < -0.3 is 9.73 Å². The fourth-order valence-corrected chi connectivity index (χ4v) is 1.39. The van der Waals surface area contributed by atoms with Crippen molar-refractivity contribution in [3.63, 3.8) is 0 Å². The van der Waals surface area contributed by atoms with E-state index in [4.69, 9.17) is 16.0 Å². The third-order valence-electron chi connectivity index (χ3n) is 2.05. The first kappa shape index (κ1) is 12.7. The standard InChI is InChI=1S/C10H7ClF3N3O/c11-4-3-7-16-17-10(18-7)15-6-2-1-5(12)8(13)9(6)14/h1-2H,3-4H2,(H,15,17). The minimum absolute atomic E-state index is 0.125. The van der Waals surface area contributed by atoms with Crippen LogP contribution in [-0.4, -0.2) is 16.1 Å². The first-order valence-electron chi connectivity index (χ1n) is 4.90. The molecule has 0 aliphatic heterocycles. The van der Waals surface area contributed by atoms with Crippen LogP contribution < -0.4 is 5.32 Å². The molecule has 0 saturated heterocycles. The number of hydrogen-bond donors (Lipinski definition) is 1. The van der Waals surface area contributed by atoms with Gasteiger partial charge in [0.2, 0.25) is 5.89 Å². The van der Waals surface area contributed by atoms with Crippen LogP contribution in [0, 0.1) is 17.5 Å². The van der Waals surface area contributed by atoms with Crippen molar-refractivity contribution >= 4 is 23.3 Å². The van der Waals surface area contributed by atoms with Crippen molar-refractivity contribution in [1.82, 2.24) is 10.2 Å². The molecule has 96 valence electrons. The Balaban J connectivity index is 2.20. The van der Waals surface area contributed by atoms with Crippen molar-refractivity contribution < 1.29 is 17.6 Å². The van der Waals surface area contributed by atoms with Gasteiger partial charge in [-0.1, -0.05) is 5.10 Å². The molecule has 1 aromatic heterocycles. The molecule has 1 heterocycles. The summed E-state index contributed by atoms with van der Waals surface area (Å²) >= 11 is 5.47. The number of nitrogens with one attached hydrogen (secondary N) is 1. The SMILES string of the molecule is Fc1ccc(Nc2nnc(CCCl)o2)c(F)c1F. The number of rotatable bonds is 4. The highest BCUT2D eigenvalue weighted by molar-refractivity contribution is 6.17. The van der Waals surface area contributed by atoms with Gasteiger partial charge in [0.15, 0.2) is 17.5 Å². The molecule has 0 saturated carbocycles. The Hall–Kier alpha value is -1.76. The molecule has 0 amide bonds. The Morgan fingerprint density at radius 1 is 1.17 bits per heavy atom. The smallest absolute Gasteiger partial charge is 0.320 e. The van der Waals surface area contributed by atoms with E-state index in [1.165, 1.54) is 0 Å². The van der Waals surface area contributed by atoms with E-state index in [-0.39, 0.29) is 17.6 Å². The highest BCUT2D eigenvalue weighted by atomic mass is 35.5. The van der Waals surface area contributed by atoms with Crippen LogP contribution in [-0.2, 0) is 6.42 Å². The Bertz CT molecular complexity index is 561. The number of aryl methyl sites for hydroxylation is 1. The van der Waals surface area contributed by atoms with E-state index in [1.807, 2.05) is 0 Å². The Kier molecular flexibility index (Phi) is 3.71. The lowest BCUT2D eigenvalue weighted by Gasteiger charge is -2.03. The number of anilines is 2. The number of nitrogens with zero attached hydrogens (tertiary/aromatic N) is 2. The molecular weight excluding hydrogens is 271 g/mol. The van der Waals surface area contributed by atoms with E-state index in [0.717, 1.165) is 12.1 Å². The fourth-order valence-electron chi connectivity index (χ4n) is 1.22. The minimum atomic E-state index is -1.57. The number of benzene rings is 1. The van der Waals surface area contributed by atoms with Crippen molar-refractivity contribution in [2.75, 3.05) is 11.2 Å². The first-order valence-corrected chi connectivity index (χ1v) is 5.44. The van der Waals surface area contributed by atoms with E-state index in [9.17, 15) is 13.2 Å². The molecule has 4 nitrogen and oxygen atoms in total. The van der Waals surface area contributed by atoms with Crippen molar-refractivity contribution in [3.8, 4) is 0 Å². The number of hydrogen-bond acceptors (Lipinski definition) is 4. The van der Waals surface area contributed by atoms with Crippen LogP contribution in [0.1, 0.15) is 5.89 Å². The van der Waals surface area contributed by atoms with Crippen LogP contribution in [0.15, 0.2) is 16.5 Å². The van der Waals surface area contributed by atoms with Gasteiger partial charge in [-0.15, -0.1) is 16.7 Å². The van der Waals surface area contributed by atoms with Crippen molar-refractivity contribution in [2.45, 2.75) is 6.42 Å². The monoisotopic (exact) mass is 277 g/mol. The summed E-state index contributed by atoms with van der Waals surface area (Å²) in [5.74, 6) is -3.64.